The van der Waals surface area contributed by atoms with E-state index in [0.717, 1.165) is 16.7 Å². The van der Waals surface area contributed by atoms with E-state index in [2.05, 4.69) is 0 Å². The first-order valence-electron chi connectivity index (χ1n) is 19.6. The molecular formula is C48H48O11. The van der Waals surface area contributed by atoms with Gasteiger partial charge in [-0.1, -0.05) is 127 Å². The Morgan fingerprint density at radius 1 is 0.492 bits per heavy atom. The number of benzene rings is 5. The number of esters is 2. The van der Waals surface area contributed by atoms with Crippen molar-refractivity contribution in [2.75, 3.05) is 20.3 Å². The monoisotopic (exact) mass is 800 g/mol. The lowest BCUT2D eigenvalue weighted by molar-refractivity contribution is -0.327. The van der Waals surface area contributed by atoms with Crippen LogP contribution in [0, 0.1) is 0 Å². The second-order valence-electron chi connectivity index (χ2n) is 14.0. The molecule has 5 aromatic carbocycles. The minimum absolute atomic E-state index is 0.0179. The molecule has 0 radical (unpaired) electrons. The van der Waals surface area contributed by atoms with E-state index in [9.17, 15) is 9.59 Å². The quantitative estimate of drug-likeness (QED) is 0.0648. The van der Waals surface area contributed by atoms with Gasteiger partial charge in [-0.25, -0.2) is 9.59 Å². The van der Waals surface area contributed by atoms with E-state index in [1.807, 2.05) is 103 Å². The number of hydrogen-bond donors (Lipinski definition) is 0. The van der Waals surface area contributed by atoms with Crippen LogP contribution in [0.4, 0.5) is 0 Å². The Balaban J connectivity index is 1.11. The van der Waals surface area contributed by atoms with Crippen LogP contribution < -0.4 is 0 Å². The Bertz CT molecular complexity index is 2030. The fourth-order valence-electron chi connectivity index (χ4n) is 6.80. The van der Waals surface area contributed by atoms with Crippen LogP contribution in [0.15, 0.2) is 164 Å². The van der Waals surface area contributed by atoms with Gasteiger partial charge in [0.05, 0.1) is 37.6 Å². The predicted octanol–water partition coefficient (Wildman–Crippen LogP) is 7.49. The van der Waals surface area contributed by atoms with Crippen LogP contribution in [0.3, 0.4) is 0 Å². The second kappa shape index (κ2) is 21.5. The molecule has 11 nitrogen and oxygen atoms in total. The van der Waals surface area contributed by atoms with Crippen LogP contribution >= 0.6 is 0 Å². The molecule has 0 aromatic heterocycles. The van der Waals surface area contributed by atoms with Gasteiger partial charge in [-0.05, 0) is 53.1 Å². The van der Waals surface area contributed by atoms with E-state index in [1.54, 1.807) is 67.8 Å². The first-order chi connectivity index (χ1) is 29.0. The zero-order valence-corrected chi connectivity index (χ0v) is 32.7. The number of carbonyl (C=O) groups excluding carboxylic acids is 2. The largest absolute Gasteiger partial charge is 0.459 e. The molecule has 2 aliphatic heterocycles. The summed E-state index contributed by atoms with van der Waals surface area (Å²) in [5, 5.41) is 0. The van der Waals surface area contributed by atoms with Crippen LogP contribution in [0.25, 0.3) is 0 Å². The summed E-state index contributed by atoms with van der Waals surface area (Å²) < 4.78 is 56.7. The van der Waals surface area contributed by atoms with E-state index >= 15 is 0 Å². The molecule has 2 heterocycles. The second-order valence-corrected chi connectivity index (χ2v) is 14.0. The van der Waals surface area contributed by atoms with Crippen molar-refractivity contribution in [3.05, 3.63) is 192 Å². The number of hydrogen-bond acceptors (Lipinski definition) is 11. The molecule has 1 fully saturated rings. The van der Waals surface area contributed by atoms with Gasteiger partial charge in [0, 0.05) is 7.11 Å². The summed E-state index contributed by atoms with van der Waals surface area (Å²) in [7, 11) is 1.56. The molecule has 0 amide bonds. The molecule has 59 heavy (non-hydrogen) atoms. The number of methoxy groups -OCH3 is 1. The van der Waals surface area contributed by atoms with Crippen molar-refractivity contribution in [1.29, 1.82) is 0 Å². The van der Waals surface area contributed by atoms with Crippen molar-refractivity contribution in [3.63, 3.8) is 0 Å². The van der Waals surface area contributed by atoms with Crippen molar-refractivity contribution in [2.45, 2.75) is 69.0 Å². The molecule has 7 rings (SSSR count). The average Bonchev–Trinajstić information content (AvgIpc) is 3.30. The third-order valence-electron chi connectivity index (χ3n) is 9.88. The number of ether oxygens (including phenoxy) is 9. The van der Waals surface area contributed by atoms with Gasteiger partial charge in [-0.15, -0.1) is 0 Å². The standard InChI is InChI=1S/C48H48O11/c1-51-48-45(55-31-36-21-11-4-12-22-36)44(54-30-35-19-9-3-10-20-35)43(53-29-34-17-7-2-8-18-34)41(59-48)33-52-42-28-27-39(58-47(50)38-25-15-6-16-26-38)40(57-42)32-56-46(49)37-23-13-5-14-24-37/h2-28,39-45,48H,29-33H2,1H3/t39-,40-,41-,42-,43-,44+,45-,48+/m1/s1. The van der Waals surface area contributed by atoms with Crippen molar-refractivity contribution >= 4 is 11.9 Å². The summed E-state index contributed by atoms with van der Waals surface area (Å²) in [5.74, 6) is -1.09. The molecule has 0 saturated carbocycles. The van der Waals surface area contributed by atoms with Gasteiger partial charge in [-0.2, -0.15) is 0 Å². The lowest BCUT2D eigenvalue weighted by Gasteiger charge is -2.45. The Kier molecular flexibility index (Phi) is 15.2. The zero-order chi connectivity index (χ0) is 40.7. The highest BCUT2D eigenvalue weighted by Crippen LogP contribution is 2.32. The van der Waals surface area contributed by atoms with Gasteiger partial charge in [0.25, 0.3) is 0 Å². The third kappa shape index (κ3) is 11.8. The smallest absolute Gasteiger partial charge is 0.338 e. The van der Waals surface area contributed by atoms with E-state index in [0.29, 0.717) is 17.7 Å². The molecule has 1 saturated heterocycles. The first kappa shape index (κ1) is 41.7. The summed E-state index contributed by atoms with van der Waals surface area (Å²) in [6.07, 6.45) is -2.98. The van der Waals surface area contributed by atoms with Crippen LogP contribution in [0.1, 0.15) is 37.4 Å². The molecule has 0 unspecified atom stereocenters. The summed E-state index contributed by atoms with van der Waals surface area (Å²) in [6.45, 7) is 0.611. The topological polar surface area (TPSA) is 117 Å². The van der Waals surface area contributed by atoms with E-state index in [-0.39, 0.29) is 26.4 Å². The molecule has 306 valence electrons. The summed E-state index contributed by atoms with van der Waals surface area (Å²) >= 11 is 0. The van der Waals surface area contributed by atoms with Gasteiger partial charge in [0.15, 0.2) is 18.7 Å². The highest BCUT2D eigenvalue weighted by Gasteiger charge is 2.49. The molecule has 0 aliphatic carbocycles. The van der Waals surface area contributed by atoms with Crippen molar-refractivity contribution in [1.82, 2.24) is 0 Å². The van der Waals surface area contributed by atoms with E-state index in [4.69, 9.17) is 42.6 Å². The average molecular weight is 801 g/mol. The fraction of sp³-hybridized carbons (Fsp3) is 0.292. The van der Waals surface area contributed by atoms with Gasteiger partial charge in [-0.3, -0.25) is 0 Å². The number of rotatable bonds is 18. The Morgan fingerprint density at radius 2 is 0.966 bits per heavy atom. The van der Waals surface area contributed by atoms with Crippen molar-refractivity contribution in [2.24, 2.45) is 0 Å². The first-order valence-corrected chi connectivity index (χ1v) is 19.6. The normalized spacial score (nSPS) is 23.9. The highest BCUT2D eigenvalue weighted by atomic mass is 16.7. The molecule has 0 N–H and O–H groups in total. The molecule has 11 heteroatoms. The maximum atomic E-state index is 13.1. The van der Waals surface area contributed by atoms with Crippen molar-refractivity contribution < 1.29 is 52.2 Å². The lowest BCUT2D eigenvalue weighted by Crippen LogP contribution is -2.61. The molecule has 8 atom stereocenters. The lowest BCUT2D eigenvalue weighted by atomic mass is 9.97. The van der Waals surface area contributed by atoms with Gasteiger partial charge in [0.2, 0.25) is 0 Å². The number of carbonyl (C=O) groups is 2. The fourth-order valence-corrected chi connectivity index (χ4v) is 6.80. The summed E-state index contributed by atoms with van der Waals surface area (Å²) in [5.41, 5.74) is 3.68. The highest BCUT2D eigenvalue weighted by molar-refractivity contribution is 5.90. The maximum absolute atomic E-state index is 13.1. The zero-order valence-electron chi connectivity index (χ0n) is 32.7. The minimum Gasteiger partial charge on any atom is -0.459 e. The van der Waals surface area contributed by atoms with Crippen molar-refractivity contribution in [3.8, 4) is 0 Å². The van der Waals surface area contributed by atoms with Gasteiger partial charge >= 0.3 is 11.9 Å². The van der Waals surface area contributed by atoms with Crippen LogP contribution in [-0.4, -0.2) is 81.5 Å². The molecule has 2 aliphatic rings. The van der Waals surface area contributed by atoms with Crippen LogP contribution in [-0.2, 0) is 62.5 Å². The maximum Gasteiger partial charge on any atom is 0.338 e. The molecule has 5 aromatic rings. The predicted molar refractivity (Wildman–Crippen MR) is 217 cm³/mol. The third-order valence-corrected chi connectivity index (χ3v) is 9.88. The molecule has 0 spiro atoms. The minimum atomic E-state index is -0.933. The summed E-state index contributed by atoms with van der Waals surface area (Å²) in [4.78, 5) is 26.0. The summed E-state index contributed by atoms with van der Waals surface area (Å²) in [6, 6.07) is 46.8. The van der Waals surface area contributed by atoms with Crippen LogP contribution in [0.5, 0.6) is 0 Å². The Hall–Kier alpha value is -5.50. The van der Waals surface area contributed by atoms with Crippen LogP contribution in [0.2, 0.25) is 0 Å². The Labute approximate surface area is 344 Å². The van der Waals surface area contributed by atoms with Gasteiger partial charge in [0.1, 0.15) is 37.1 Å². The van der Waals surface area contributed by atoms with E-state index in [1.165, 1.54) is 0 Å². The molecular weight excluding hydrogens is 753 g/mol. The molecule has 0 bridgehead atoms. The van der Waals surface area contributed by atoms with Gasteiger partial charge < -0.3 is 42.6 Å². The Morgan fingerprint density at radius 3 is 1.49 bits per heavy atom. The SMILES string of the molecule is CO[C@H]1O[C@H](CO[C@H]2C=C[C@@H](OC(=O)c3ccccc3)[C@@H](COC(=O)c3ccccc3)O2)[C@@H](OCc2ccccc2)[C@H](OCc2ccccc2)[C@H]1OCc1ccccc1. The van der Waals surface area contributed by atoms with E-state index < -0.39 is 61.1 Å².